The van der Waals surface area contributed by atoms with Crippen molar-refractivity contribution in [1.82, 2.24) is 10.2 Å². The number of hydrogen-bond acceptors (Lipinski definition) is 5. The lowest BCUT2D eigenvalue weighted by Gasteiger charge is -2.14. The minimum Gasteiger partial charge on any atom is -0.493 e. The number of nitrogens with one attached hydrogen (secondary N) is 2. The van der Waals surface area contributed by atoms with Crippen molar-refractivity contribution < 1.29 is 23.9 Å². The molecule has 1 fully saturated rings. The molecule has 2 N–H and O–H groups in total. The summed E-state index contributed by atoms with van der Waals surface area (Å²) in [7, 11) is 1.52. The van der Waals surface area contributed by atoms with E-state index in [1.54, 1.807) is 30.3 Å². The molecule has 1 saturated heterocycles. The predicted molar refractivity (Wildman–Crippen MR) is 117 cm³/mol. The fraction of sp³-hybridized carbons (Fsp3) is 0.261. The second-order valence-corrected chi connectivity index (χ2v) is 7.37. The highest BCUT2D eigenvalue weighted by Crippen LogP contribution is 2.30. The van der Waals surface area contributed by atoms with Crippen LogP contribution >= 0.6 is 0 Å². The van der Waals surface area contributed by atoms with Crippen molar-refractivity contribution in [3.05, 3.63) is 59.3 Å². The number of anilines is 1. The largest absolute Gasteiger partial charge is 0.493 e. The number of imide groups is 1. The number of carbonyl (C=O) groups is 3. The maximum atomic E-state index is 12.7. The minimum absolute atomic E-state index is 0.0201. The number of aryl methyl sites for hydroxylation is 1. The Morgan fingerprint density at radius 1 is 1.16 bits per heavy atom. The zero-order valence-corrected chi connectivity index (χ0v) is 17.9. The zero-order valence-electron chi connectivity index (χ0n) is 17.9. The number of ether oxygens (including phenoxy) is 2. The lowest BCUT2D eigenvalue weighted by Crippen LogP contribution is -2.38. The number of amides is 4. The van der Waals surface area contributed by atoms with Gasteiger partial charge in [0.25, 0.3) is 5.91 Å². The molecule has 8 nitrogen and oxygen atoms in total. The summed E-state index contributed by atoms with van der Waals surface area (Å²) in [6.45, 7) is 5.33. The number of urea groups is 1. The summed E-state index contributed by atoms with van der Waals surface area (Å²) in [6.07, 6.45) is 1.51. The second kappa shape index (κ2) is 9.34. The molecule has 31 heavy (non-hydrogen) atoms. The van der Waals surface area contributed by atoms with E-state index in [2.05, 4.69) is 10.6 Å². The van der Waals surface area contributed by atoms with Crippen LogP contribution in [0.5, 0.6) is 11.5 Å². The van der Waals surface area contributed by atoms with E-state index in [1.807, 2.05) is 32.9 Å². The van der Waals surface area contributed by atoms with E-state index in [0.717, 1.165) is 10.5 Å². The lowest BCUT2D eigenvalue weighted by molar-refractivity contribution is -0.127. The Hall–Kier alpha value is -3.81. The van der Waals surface area contributed by atoms with E-state index in [0.29, 0.717) is 22.7 Å². The van der Waals surface area contributed by atoms with Crippen LogP contribution in [-0.2, 0) is 9.59 Å². The first-order chi connectivity index (χ1) is 14.8. The Labute approximate surface area is 180 Å². The third-order valence-electron chi connectivity index (χ3n) is 4.43. The maximum absolute atomic E-state index is 12.7. The van der Waals surface area contributed by atoms with Crippen LogP contribution in [0, 0.1) is 6.92 Å². The van der Waals surface area contributed by atoms with Gasteiger partial charge in [0.15, 0.2) is 11.5 Å². The average molecular weight is 423 g/mol. The van der Waals surface area contributed by atoms with E-state index in [1.165, 1.54) is 13.2 Å². The van der Waals surface area contributed by atoms with Crippen molar-refractivity contribution in [2.45, 2.75) is 26.9 Å². The van der Waals surface area contributed by atoms with Gasteiger partial charge in [-0.1, -0.05) is 18.2 Å². The number of rotatable bonds is 7. The Bertz CT molecular complexity index is 1050. The van der Waals surface area contributed by atoms with Gasteiger partial charge in [-0.15, -0.1) is 0 Å². The highest BCUT2D eigenvalue weighted by molar-refractivity contribution is 6.15. The van der Waals surface area contributed by atoms with Crippen molar-refractivity contribution in [2.75, 3.05) is 19.0 Å². The third kappa shape index (κ3) is 5.42. The fourth-order valence-electron chi connectivity index (χ4n) is 3.07. The highest BCUT2D eigenvalue weighted by Gasteiger charge is 2.35. The Morgan fingerprint density at radius 3 is 2.61 bits per heavy atom. The van der Waals surface area contributed by atoms with Crippen molar-refractivity contribution in [2.24, 2.45) is 0 Å². The zero-order chi connectivity index (χ0) is 22.5. The smallest absolute Gasteiger partial charge is 0.329 e. The summed E-state index contributed by atoms with van der Waals surface area (Å²) in [5.74, 6) is 0.0446. The second-order valence-electron chi connectivity index (χ2n) is 7.37. The highest BCUT2D eigenvalue weighted by atomic mass is 16.5. The molecule has 2 aromatic carbocycles. The molecular weight excluding hydrogens is 398 g/mol. The van der Waals surface area contributed by atoms with Gasteiger partial charge in [-0.05, 0) is 62.2 Å². The molecule has 8 heteroatoms. The van der Waals surface area contributed by atoms with Gasteiger partial charge >= 0.3 is 6.03 Å². The SMILES string of the molecule is COc1cc(C=C2NC(=O)N(CC(=O)Nc3cccc(C)c3)C2=O)ccc1OC(C)C. The average Bonchev–Trinajstić information content (AvgIpc) is 2.96. The molecule has 3 rings (SSSR count). The maximum Gasteiger partial charge on any atom is 0.329 e. The first-order valence-corrected chi connectivity index (χ1v) is 9.82. The fourth-order valence-corrected chi connectivity index (χ4v) is 3.07. The van der Waals surface area contributed by atoms with Crippen LogP contribution in [-0.4, -0.2) is 42.5 Å². The molecule has 0 saturated carbocycles. The molecule has 1 aliphatic heterocycles. The van der Waals surface area contributed by atoms with Crippen LogP contribution in [0.15, 0.2) is 48.2 Å². The van der Waals surface area contributed by atoms with Gasteiger partial charge < -0.3 is 20.1 Å². The van der Waals surface area contributed by atoms with E-state index in [-0.39, 0.29) is 18.3 Å². The Kier molecular flexibility index (Phi) is 6.59. The standard InChI is InChI=1S/C23H25N3O5/c1-14(2)31-19-9-8-16(12-20(19)30-4)11-18-22(28)26(23(29)25-18)13-21(27)24-17-7-5-6-15(3)10-17/h5-12,14H,13H2,1-4H3,(H,24,27)(H,25,29). The summed E-state index contributed by atoms with van der Waals surface area (Å²) in [5.41, 5.74) is 2.30. The Balaban J connectivity index is 1.72. The van der Waals surface area contributed by atoms with Gasteiger partial charge in [0.05, 0.1) is 13.2 Å². The van der Waals surface area contributed by atoms with Crippen LogP contribution in [0.4, 0.5) is 10.5 Å². The Morgan fingerprint density at radius 2 is 1.94 bits per heavy atom. The van der Waals surface area contributed by atoms with E-state index < -0.39 is 17.8 Å². The van der Waals surface area contributed by atoms with Crippen molar-refractivity contribution in [1.29, 1.82) is 0 Å². The molecule has 0 aromatic heterocycles. The summed E-state index contributed by atoms with van der Waals surface area (Å²) in [5, 5.41) is 5.20. The predicted octanol–water partition coefficient (Wildman–Crippen LogP) is 3.32. The topological polar surface area (TPSA) is 97.0 Å². The lowest BCUT2D eigenvalue weighted by atomic mass is 10.1. The van der Waals surface area contributed by atoms with E-state index in [4.69, 9.17) is 9.47 Å². The van der Waals surface area contributed by atoms with Crippen LogP contribution < -0.4 is 20.1 Å². The molecule has 0 spiro atoms. The third-order valence-corrected chi connectivity index (χ3v) is 4.43. The number of benzene rings is 2. The van der Waals surface area contributed by atoms with Gasteiger partial charge in [0.1, 0.15) is 12.2 Å². The van der Waals surface area contributed by atoms with Crippen molar-refractivity contribution in [3.8, 4) is 11.5 Å². The van der Waals surface area contributed by atoms with Gasteiger partial charge in [0, 0.05) is 5.69 Å². The number of methoxy groups -OCH3 is 1. The first kappa shape index (κ1) is 21.9. The van der Waals surface area contributed by atoms with Crippen molar-refractivity contribution in [3.63, 3.8) is 0 Å². The van der Waals surface area contributed by atoms with Gasteiger partial charge in [-0.3, -0.25) is 9.59 Å². The molecule has 0 aliphatic carbocycles. The van der Waals surface area contributed by atoms with Gasteiger partial charge in [-0.25, -0.2) is 9.69 Å². The number of hydrogen-bond donors (Lipinski definition) is 2. The molecule has 0 bridgehead atoms. The molecule has 162 valence electrons. The number of nitrogens with zero attached hydrogens (tertiary/aromatic N) is 1. The van der Waals surface area contributed by atoms with Gasteiger partial charge in [-0.2, -0.15) is 0 Å². The van der Waals surface area contributed by atoms with Crippen LogP contribution in [0.1, 0.15) is 25.0 Å². The molecule has 4 amide bonds. The van der Waals surface area contributed by atoms with Crippen LogP contribution in [0.25, 0.3) is 6.08 Å². The molecule has 1 aliphatic rings. The van der Waals surface area contributed by atoms with Crippen molar-refractivity contribution >= 4 is 29.6 Å². The summed E-state index contributed by atoms with van der Waals surface area (Å²) in [6, 6.07) is 11.8. The number of carbonyl (C=O) groups excluding carboxylic acids is 3. The summed E-state index contributed by atoms with van der Waals surface area (Å²) in [4.78, 5) is 38.1. The molecular formula is C23H25N3O5. The molecule has 0 unspecified atom stereocenters. The minimum atomic E-state index is -0.651. The first-order valence-electron chi connectivity index (χ1n) is 9.82. The monoisotopic (exact) mass is 423 g/mol. The summed E-state index contributed by atoms with van der Waals surface area (Å²) >= 11 is 0. The van der Waals surface area contributed by atoms with E-state index >= 15 is 0 Å². The summed E-state index contributed by atoms with van der Waals surface area (Å²) < 4.78 is 11.0. The van der Waals surface area contributed by atoms with Crippen LogP contribution in [0.2, 0.25) is 0 Å². The normalized spacial score (nSPS) is 14.7. The quantitative estimate of drug-likeness (QED) is 0.526. The molecule has 2 aromatic rings. The van der Waals surface area contributed by atoms with Crippen LogP contribution in [0.3, 0.4) is 0 Å². The molecule has 0 radical (unpaired) electrons. The van der Waals surface area contributed by atoms with Gasteiger partial charge in [0.2, 0.25) is 5.91 Å². The van der Waals surface area contributed by atoms with E-state index in [9.17, 15) is 14.4 Å². The molecule has 0 atom stereocenters. The molecule has 1 heterocycles.